The molecular formula is C16H16N2O2S. The molecule has 0 N–H and O–H groups in total. The average Bonchev–Trinajstić information content (AvgIpc) is 3.02. The van der Waals surface area contributed by atoms with Gasteiger partial charge in [-0.3, -0.25) is 4.57 Å². The SMILES string of the molecule is CC(C)(C)OC(=O)n1cccc1-c1nc2ccccc2s1. The molecule has 0 saturated carbocycles. The van der Waals surface area contributed by atoms with Crippen molar-refractivity contribution in [3.8, 4) is 10.7 Å². The molecule has 0 fully saturated rings. The van der Waals surface area contributed by atoms with Gasteiger partial charge >= 0.3 is 6.09 Å². The number of rotatable bonds is 1. The highest BCUT2D eigenvalue weighted by atomic mass is 32.1. The van der Waals surface area contributed by atoms with E-state index in [4.69, 9.17) is 4.74 Å². The highest BCUT2D eigenvalue weighted by Crippen LogP contribution is 2.30. The molecule has 0 amide bonds. The van der Waals surface area contributed by atoms with E-state index in [2.05, 4.69) is 4.98 Å². The lowest BCUT2D eigenvalue weighted by Crippen LogP contribution is -2.27. The smallest absolute Gasteiger partial charge is 0.419 e. The standard InChI is InChI=1S/C16H16N2O2S/c1-16(2,3)20-15(19)18-10-6-8-12(18)14-17-11-7-4-5-9-13(11)21-14/h4-10H,1-3H3. The summed E-state index contributed by atoms with van der Waals surface area (Å²) < 4.78 is 8.02. The first-order valence-corrected chi connectivity index (χ1v) is 7.52. The Morgan fingerprint density at radius 2 is 1.95 bits per heavy atom. The molecular weight excluding hydrogens is 284 g/mol. The number of hydrogen-bond acceptors (Lipinski definition) is 4. The lowest BCUT2D eigenvalue weighted by molar-refractivity contribution is 0.0540. The van der Waals surface area contributed by atoms with Crippen LogP contribution < -0.4 is 0 Å². The molecule has 5 heteroatoms. The summed E-state index contributed by atoms with van der Waals surface area (Å²) >= 11 is 1.56. The molecule has 0 aliphatic heterocycles. The molecule has 21 heavy (non-hydrogen) atoms. The summed E-state index contributed by atoms with van der Waals surface area (Å²) in [6.07, 6.45) is 1.32. The van der Waals surface area contributed by atoms with Gasteiger partial charge in [0.25, 0.3) is 0 Å². The van der Waals surface area contributed by atoms with E-state index in [-0.39, 0.29) is 6.09 Å². The van der Waals surface area contributed by atoms with Gasteiger partial charge in [-0.25, -0.2) is 9.78 Å². The van der Waals surface area contributed by atoms with Crippen LogP contribution in [0, 0.1) is 0 Å². The molecule has 0 bridgehead atoms. The molecule has 2 aromatic heterocycles. The number of para-hydroxylation sites is 1. The van der Waals surface area contributed by atoms with Gasteiger partial charge in [0.2, 0.25) is 0 Å². The van der Waals surface area contributed by atoms with E-state index in [9.17, 15) is 4.79 Å². The average molecular weight is 300 g/mol. The first-order valence-electron chi connectivity index (χ1n) is 6.71. The lowest BCUT2D eigenvalue weighted by atomic mass is 10.2. The Balaban J connectivity index is 2.00. The van der Waals surface area contributed by atoms with Crippen molar-refractivity contribution in [1.29, 1.82) is 0 Å². The number of carbonyl (C=O) groups is 1. The molecule has 0 saturated heterocycles. The normalized spacial score (nSPS) is 11.8. The van der Waals surface area contributed by atoms with Crippen LogP contribution >= 0.6 is 11.3 Å². The van der Waals surface area contributed by atoms with Crippen LogP contribution in [0.4, 0.5) is 4.79 Å². The number of carbonyl (C=O) groups excluding carboxylic acids is 1. The van der Waals surface area contributed by atoms with E-state index in [1.807, 2.05) is 57.2 Å². The zero-order valence-electron chi connectivity index (χ0n) is 12.2. The predicted octanol–water partition coefficient (Wildman–Crippen LogP) is 4.55. The predicted molar refractivity (Wildman–Crippen MR) is 84.7 cm³/mol. The highest BCUT2D eigenvalue weighted by molar-refractivity contribution is 7.21. The molecule has 0 unspecified atom stereocenters. The maximum absolute atomic E-state index is 12.2. The summed E-state index contributed by atoms with van der Waals surface area (Å²) in [7, 11) is 0. The van der Waals surface area contributed by atoms with Crippen molar-refractivity contribution in [2.45, 2.75) is 26.4 Å². The summed E-state index contributed by atoms with van der Waals surface area (Å²) in [6.45, 7) is 5.56. The Morgan fingerprint density at radius 1 is 1.19 bits per heavy atom. The fourth-order valence-corrected chi connectivity index (χ4v) is 3.00. The van der Waals surface area contributed by atoms with Gasteiger partial charge in [0.1, 0.15) is 10.6 Å². The lowest BCUT2D eigenvalue weighted by Gasteiger charge is -2.20. The molecule has 0 aliphatic rings. The van der Waals surface area contributed by atoms with E-state index < -0.39 is 5.60 Å². The van der Waals surface area contributed by atoms with Gasteiger partial charge in [0, 0.05) is 6.20 Å². The van der Waals surface area contributed by atoms with Crippen molar-refractivity contribution in [3.63, 3.8) is 0 Å². The Morgan fingerprint density at radius 3 is 2.67 bits per heavy atom. The Bertz CT molecular complexity index is 763. The summed E-state index contributed by atoms with van der Waals surface area (Å²) in [5.41, 5.74) is 1.17. The summed E-state index contributed by atoms with van der Waals surface area (Å²) in [5.74, 6) is 0. The summed E-state index contributed by atoms with van der Waals surface area (Å²) in [6, 6.07) is 11.6. The number of nitrogens with zero attached hydrogens (tertiary/aromatic N) is 2. The van der Waals surface area contributed by atoms with Gasteiger partial charge in [-0.1, -0.05) is 12.1 Å². The maximum Gasteiger partial charge on any atom is 0.419 e. The first kappa shape index (κ1) is 13.8. The molecule has 2 heterocycles. The highest BCUT2D eigenvalue weighted by Gasteiger charge is 2.20. The molecule has 0 aliphatic carbocycles. The molecule has 0 spiro atoms. The topological polar surface area (TPSA) is 44.1 Å². The number of benzene rings is 1. The van der Waals surface area contributed by atoms with Gasteiger partial charge in [-0.2, -0.15) is 0 Å². The minimum absolute atomic E-state index is 0.387. The third-order valence-corrected chi connectivity index (χ3v) is 3.91. The molecule has 1 aromatic carbocycles. The van der Waals surface area contributed by atoms with E-state index in [0.29, 0.717) is 0 Å². The van der Waals surface area contributed by atoms with Crippen molar-refractivity contribution in [2.24, 2.45) is 0 Å². The number of fused-ring (bicyclic) bond motifs is 1. The van der Waals surface area contributed by atoms with E-state index >= 15 is 0 Å². The second-order valence-corrected chi connectivity index (χ2v) is 6.76. The number of thiazole rings is 1. The zero-order chi connectivity index (χ0) is 15.0. The second kappa shape index (κ2) is 5.00. The molecule has 4 nitrogen and oxygen atoms in total. The summed E-state index contributed by atoms with van der Waals surface area (Å²) in [5, 5.41) is 0.812. The zero-order valence-corrected chi connectivity index (χ0v) is 13.0. The van der Waals surface area contributed by atoms with Crippen molar-refractivity contribution in [1.82, 2.24) is 9.55 Å². The monoisotopic (exact) mass is 300 g/mol. The van der Waals surface area contributed by atoms with E-state index in [0.717, 1.165) is 20.9 Å². The van der Waals surface area contributed by atoms with Gasteiger partial charge in [0.15, 0.2) is 0 Å². The van der Waals surface area contributed by atoms with Crippen molar-refractivity contribution in [2.75, 3.05) is 0 Å². The summed E-state index contributed by atoms with van der Waals surface area (Å²) in [4.78, 5) is 16.8. The van der Waals surface area contributed by atoms with Crippen LogP contribution in [0.15, 0.2) is 42.6 Å². The van der Waals surface area contributed by atoms with Crippen LogP contribution in [0.2, 0.25) is 0 Å². The molecule has 3 rings (SSSR count). The van der Waals surface area contributed by atoms with Crippen molar-refractivity contribution in [3.05, 3.63) is 42.6 Å². The number of aromatic nitrogens is 2. The fourth-order valence-electron chi connectivity index (χ4n) is 2.01. The van der Waals surface area contributed by atoms with E-state index in [1.165, 1.54) is 4.57 Å². The second-order valence-electron chi connectivity index (χ2n) is 5.73. The van der Waals surface area contributed by atoms with Crippen LogP contribution in [0.3, 0.4) is 0 Å². The van der Waals surface area contributed by atoms with E-state index in [1.54, 1.807) is 17.5 Å². The van der Waals surface area contributed by atoms with Gasteiger partial charge in [-0.05, 0) is 45.0 Å². The Kier molecular flexibility index (Phi) is 3.29. The van der Waals surface area contributed by atoms with Crippen LogP contribution in [0.25, 0.3) is 20.9 Å². The van der Waals surface area contributed by atoms with Crippen LogP contribution in [-0.4, -0.2) is 21.2 Å². The van der Waals surface area contributed by atoms with Crippen LogP contribution in [-0.2, 0) is 4.74 Å². The molecule has 108 valence electrons. The largest absolute Gasteiger partial charge is 0.443 e. The molecule has 0 radical (unpaired) electrons. The first-order chi connectivity index (χ1) is 9.94. The van der Waals surface area contributed by atoms with Crippen molar-refractivity contribution < 1.29 is 9.53 Å². The van der Waals surface area contributed by atoms with Crippen molar-refractivity contribution >= 4 is 27.6 Å². The Hall–Kier alpha value is -2.14. The van der Waals surface area contributed by atoms with Gasteiger partial charge < -0.3 is 4.74 Å². The maximum atomic E-state index is 12.2. The third-order valence-electron chi connectivity index (χ3n) is 2.85. The minimum Gasteiger partial charge on any atom is -0.443 e. The number of hydrogen-bond donors (Lipinski definition) is 0. The minimum atomic E-state index is -0.522. The van der Waals surface area contributed by atoms with Gasteiger partial charge in [0.05, 0.1) is 15.9 Å². The fraction of sp³-hybridized carbons (Fsp3) is 0.250. The van der Waals surface area contributed by atoms with Crippen LogP contribution in [0.5, 0.6) is 0 Å². The number of ether oxygens (including phenoxy) is 1. The quantitative estimate of drug-likeness (QED) is 0.662. The Labute approximate surface area is 127 Å². The van der Waals surface area contributed by atoms with Gasteiger partial charge in [-0.15, -0.1) is 11.3 Å². The molecule has 3 aromatic rings. The third kappa shape index (κ3) is 2.83. The molecule has 0 atom stereocenters. The van der Waals surface area contributed by atoms with Crippen LogP contribution in [0.1, 0.15) is 20.8 Å².